The molecular formula is C14H25N. The molecule has 1 N–H and O–H groups in total. The number of nitrogens with one attached hydrogen (secondary N) is 1. The number of rotatable bonds is 0. The fraction of sp³-hybridized carbons (Fsp3) is 0.429. The topological polar surface area (TPSA) is 15.8 Å². The Labute approximate surface area is 95.0 Å². The molecule has 0 aliphatic carbocycles. The van der Waals surface area contributed by atoms with Gasteiger partial charge in [-0.2, -0.15) is 0 Å². The van der Waals surface area contributed by atoms with Gasteiger partial charge in [0.1, 0.15) is 0 Å². The first-order valence-electron chi connectivity index (χ1n) is 5.72. The number of H-pyrrole nitrogens is 1. The molecule has 0 aliphatic heterocycles. The minimum atomic E-state index is 0. The van der Waals surface area contributed by atoms with E-state index >= 15 is 0 Å². The number of aromatic nitrogens is 1. The van der Waals surface area contributed by atoms with E-state index in [1.54, 1.807) is 0 Å². The van der Waals surface area contributed by atoms with Crippen LogP contribution in [0.2, 0.25) is 0 Å². The van der Waals surface area contributed by atoms with Crippen molar-refractivity contribution in [3.8, 4) is 0 Å². The lowest BCUT2D eigenvalue weighted by Crippen LogP contribution is -1.66. The van der Waals surface area contributed by atoms with Crippen LogP contribution in [0.15, 0.2) is 36.5 Å². The molecule has 1 nitrogen and oxygen atoms in total. The van der Waals surface area contributed by atoms with Gasteiger partial charge >= 0.3 is 0 Å². The molecule has 0 aliphatic rings. The zero-order chi connectivity index (χ0) is 11.7. The van der Waals surface area contributed by atoms with Gasteiger partial charge in [-0.15, -0.1) is 0 Å². The Kier molecular flexibility index (Phi) is 7.43. The Morgan fingerprint density at radius 1 is 1.00 bits per heavy atom. The summed E-state index contributed by atoms with van der Waals surface area (Å²) in [4.78, 5) is 3.12. The SMILES string of the molecule is CC.CC(C)C.[HH].c1ccc2[nH]ccc2c1. The average Bonchev–Trinajstić information content (AvgIpc) is 2.67. The van der Waals surface area contributed by atoms with E-state index in [4.69, 9.17) is 0 Å². The van der Waals surface area contributed by atoms with Crippen LogP contribution in [0.3, 0.4) is 0 Å². The number of para-hydroxylation sites is 1. The molecule has 1 aromatic heterocycles. The zero-order valence-electron chi connectivity index (χ0n) is 10.5. The maximum Gasteiger partial charge on any atom is 0.0453 e. The number of hydrogen-bond acceptors (Lipinski definition) is 0. The van der Waals surface area contributed by atoms with Crippen LogP contribution in [0.25, 0.3) is 10.9 Å². The third-order valence-electron chi connectivity index (χ3n) is 1.46. The summed E-state index contributed by atoms with van der Waals surface area (Å²) in [6, 6.07) is 10.3. The van der Waals surface area contributed by atoms with Gasteiger partial charge in [-0.1, -0.05) is 52.8 Å². The van der Waals surface area contributed by atoms with Gasteiger partial charge < -0.3 is 4.98 Å². The minimum absolute atomic E-state index is 0. The Morgan fingerprint density at radius 2 is 1.53 bits per heavy atom. The van der Waals surface area contributed by atoms with Gasteiger partial charge in [0.05, 0.1) is 0 Å². The molecule has 2 aromatic rings. The van der Waals surface area contributed by atoms with Crippen molar-refractivity contribution in [2.45, 2.75) is 34.6 Å². The van der Waals surface area contributed by atoms with Crippen molar-refractivity contribution in [3.63, 3.8) is 0 Å². The highest BCUT2D eigenvalue weighted by atomic mass is 14.6. The molecule has 0 saturated carbocycles. The number of benzene rings is 1. The average molecular weight is 207 g/mol. The van der Waals surface area contributed by atoms with E-state index in [9.17, 15) is 0 Å². The maximum absolute atomic E-state index is 3.12. The summed E-state index contributed by atoms with van der Waals surface area (Å²) in [6.07, 6.45) is 1.95. The highest BCUT2D eigenvalue weighted by molar-refractivity contribution is 5.78. The fourth-order valence-corrected chi connectivity index (χ4v) is 0.995. The van der Waals surface area contributed by atoms with Crippen LogP contribution in [0.1, 0.15) is 36.0 Å². The lowest BCUT2D eigenvalue weighted by atomic mass is 10.3. The van der Waals surface area contributed by atoms with Gasteiger partial charge in [0, 0.05) is 13.1 Å². The molecule has 0 spiro atoms. The molecule has 0 radical (unpaired) electrons. The highest BCUT2D eigenvalue weighted by Gasteiger charge is 1.86. The molecular weight excluding hydrogens is 182 g/mol. The minimum Gasteiger partial charge on any atom is -0.361 e. The van der Waals surface area contributed by atoms with Crippen molar-refractivity contribution in [2.75, 3.05) is 0 Å². The molecule has 0 saturated heterocycles. The number of fused-ring (bicyclic) bond motifs is 1. The van der Waals surface area contributed by atoms with Crippen molar-refractivity contribution >= 4 is 10.9 Å². The van der Waals surface area contributed by atoms with E-state index in [-0.39, 0.29) is 1.43 Å². The molecule has 0 atom stereocenters. The van der Waals surface area contributed by atoms with Crippen LogP contribution >= 0.6 is 0 Å². The van der Waals surface area contributed by atoms with Gasteiger partial charge in [0.15, 0.2) is 0 Å². The van der Waals surface area contributed by atoms with Gasteiger partial charge in [-0.25, -0.2) is 0 Å². The Hall–Kier alpha value is -1.24. The maximum atomic E-state index is 3.12. The molecule has 1 heteroatoms. The Balaban J connectivity index is 0. The first kappa shape index (κ1) is 13.8. The van der Waals surface area contributed by atoms with E-state index in [0.717, 1.165) is 5.92 Å². The van der Waals surface area contributed by atoms with Gasteiger partial charge in [-0.3, -0.25) is 0 Å². The predicted molar refractivity (Wildman–Crippen MR) is 72.3 cm³/mol. The zero-order valence-corrected chi connectivity index (χ0v) is 10.5. The quantitative estimate of drug-likeness (QED) is 0.618. The van der Waals surface area contributed by atoms with Crippen LogP contribution in [0.5, 0.6) is 0 Å². The standard InChI is InChI=1S/C8H7N.C4H10.C2H6.H2/c1-2-4-8-7(3-1)5-6-9-8;1-4(2)3;1-2;/h1-6,9H;4H,1-3H3;1-2H3;1H. The largest absolute Gasteiger partial charge is 0.361 e. The summed E-state index contributed by atoms with van der Waals surface area (Å²) in [6.45, 7) is 10.5. The first-order chi connectivity index (χ1) is 7.20. The summed E-state index contributed by atoms with van der Waals surface area (Å²) in [5.74, 6) is 0.833. The second-order valence-corrected chi connectivity index (χ2v) is 3.80. The van der Waals surface area contributed by atoms with Crippen LogP contribution in [0, 0.1) is 5.92 Å². The third kappa shape index (κ3) is 5.95. The van der Waals surface area contributed by atoms with Crippen molar-refractivity contribution in [1.29, 1.82) is 0 Å². The lowest BCUT2D eigenvalue weighted by Gasteiger charge is -1.83. The van der Waals surface area contributed by atoms with Crippen LogP contribution in [0.4, 0.5) is 0 Å². The van der Waals surface area contributed by atoms with E-state index in [2.05, 4.69) is 44.0 Å². The van der Waals surface area contributed by atoms with Crippen molar-refractivity contribution in [2.24, 2.45) is 5.92 Å². The summed E-state index contributed by atoms with van der Waals surface area (Å²) >= 11 is 0. The van der Waals surface area contributed by atoms with E-state index < -0.39 is 0 Å². The predicted octanol–water partition coefficient (Wildman–Crippen LogP) is 5.10. The molecule has 0 fully saturated rings. The second kappa shape index (κ2) is 8.10. The van der Waals surface area contributed by atoms with E-state index in [0.29, 0.717) is 0 Å². The van der Waals surface area contributed by atoms with Crippen molar-refractivity contribution in [3.05, 3.63) is 36.5 Å². The van der Waals surface area contributed by atoms with Crippen LogP contribution in [-0.4, -0.2) is 4.98 Å². The van der Waals surface area contributed by atoms with Crippen molar-refractivity contribution in [1.82, 2.24) is 4.98 Å². The fourth-order valence-electron chi connectivity index (χ4n) is 0.995. The van der Waals surface area contributed by atoms with Gasteiger partial charge in [-0.05, 0) is 23.4 Å². The highest BCUT2D eigenvalue weighted by Crippen LogP contribution is 2.09. The molecule has 0 amide bonds. The lowest BCUT2D eigenvalue weighted by molar-refractivity contribution is 0.737. The summed E-state index contributed by atoms with van der Waals surface area (Å²) in [7, 11) is 0. The van der Waals surface area contributed by atoms with Crippen LogP contribution < -0.4 is 0 Å². The monoisotopic (exact) mass is 207 g/mol. The summed E-state index contributed by atoms with van der Waals surface area (Å²) in [5, 5.41) is 1.28. The van der Waals surface area contributed by atoms with E-state index in [1.807, 2.05) is 32.2 Å². The normalized spacial score (nSPS) is 8.93. The molecule has 1 aromatic carbocycles. The van der Waals surface area contributed by atoms with E-state index in [1.165, 1.54) is 10.9 Å². The molecule has 0 unspecified atom stereocenters. The van der Waals surface area contributed by atoms with Gasteiger partial charge in [0.2, 0.25) is 0 Å². The molecule has 86 valence electrons. The molecule has 1 heterocycles. The summed E-state index contributed by atoms with van der Waals surface area (Å²) < 4.78 is 0. The third-order valence-corrected chi connectivity index (χ3v) is 1.46. The molecule has 15 heavy (non-hydrogen) atoms. The van der Waals surface area contributed by atoms with Crippen molar-refractivity contribution < 1.29 is 1.43 Å². The second-order valence-electron chi connectivity index (χ2n) is 3.80. The smallest absolute Gasteiger partial charge is 0.0453 e. The van der Waals surface area contributed by atoms with Gasteiger partial charge in [0.25, 0.3) is 0 Å². The molecule has 0 bridgehead atoms. The first-order valence-corrected chi connectivity index (χ1v) is 5.72. The molecule has 2 rings (SSSR count). The summed E-state index contributed by atoms with van der Waals surface area (Å²) in [5.41, 5.74) is 1.21. The van der Waals surface area contributed by atoms with Crippen LogP contribution in [-0.2, 0) is 0 Å². The Bertz CT molecular complexity index is 319. The number of hydrogen-bond donors (Lipinski definition) is 1. The Morgan fingerprint density at radius 3 is 2.07 bits per heavy atom. The number of aromatic amines is 1.